The Labute approximate surface area is 239 Å². The van der Waals surface area contributed by atoms with Crippen molar-refractivity contribution in [3.8, 4) is 0 Å². The molecule has 0 unspecified atom stereocenters. The van der Waals surface area contributed by atoms with Crippen LogP contribution in [0.3, 0.4) is 0 Å². The summed E-state index contributed by atoms with van der Waals surface area (Å²) in [5.41, 5.74) is 1.33. The summed E-state index contributed by atoms with van der Waals surface area (Å²) in [7, 11) is 0. The summed E-state index contributed by atoms with van der Waals surface area (Å²) >= 11 is 1.33. The number of allylic oxidation sites excluding steroid dienone is 5. The number of aryl methyl sites for hydroxylation is 2. The molecule has 216 valence electrons. The Balaban J connectivity index is 1.45. The second kappa shape index (κ2) is 16.0. The molecule has 0 aromatic carbocycles. The van der Waals surface area contributed by atoms with Gasteiger partial charge in [-0.3, -0.25) is 14.4 Å². The maximum absolute atomic E-state index is 14.6. The third-order valence-corrected chi connectivity index (χ3v) is 8.01. The van der Waals surface area contributed by atoms with Gasteiger partial charge in [-0.25, -0.2) is 0 Å². The number of carbonyl (C=O) groups is 2. The van der Waals surface area contributed by atoms with Gasteiger partial charge in [-0.15, -0.1) is 10.2 Å². The number of pyridine rings is 1. The average Bonchev–Trinajstić information content (AvgIpc) is 3.61. The SMILES string of the molecule is C\C=C/C=C\C(CC(=O)Nc1nnc(CCCCn2ccc(NC(=O)CC3CCCC3)c(F)c2=O)s1)=C(/C)CC. The van der Waals surface area contributed by atoms with Gasteiger partial charge in [0.15, 0.2) is 0 Å². The minimum absolute atomic E-state index is 0.0611. The summed E-state index contributed by atoms with van der Waals surface area (Å²) < 4.78 is 16.0. The molecule has 8 nitrogen and oxygen atoms in total. The van der Waals surface area contributed by atoms with Crippen molar-refractivity contribution in [2.75, 3.05) is 10.6 Å². The molecule has 2 amide bonds. The van der Waals surface area contributed by atoms with Gasteiger partial charge in [0.25, 0.3) is 5.56 Å². The van der Waals surface area contributed by atoms with Crippen molar-refractivity contribution in [1.29, 1.82) is 0 Å². The molecule has 0 spiro atoms. The van der Waals surface area contributed by atoms with Gasteiger partial charge in [-0.05, 0) is 63.5 Å². The Kier molecular flexibility index (Phi) is 12.5. The van der Waals surface area contributed by atoms with Crippen molar-refractivity contribution in [2.45, 2.75) is 91.5 Å². The summed E-state index contributed by atoms with van der Waals surface area (Å²) in [5, 5.41) is 14.9. The fourth-order valence-electron chi connectivity index (χ4n) is 4.66. The molecule has 0 saturated heterocycles. The second-order valence-corrected chi connectivity index (χ2v) is 11.2. The highest BCUT2D eigenvalue weighted by atomic mass is 32.1. The van der Waals surface area contributed by atoms with Crippen molar-refractivity contribution in [3.05, 3.63) is 68.9 Å². The largest absolute Gasteiger partial charge is 0.323 e. The number of carbonyl (C=O) groups excluding carboxylic acids is 2. The quantitative estimate of drug-likeness (QED) is 0.198. The van der Waals surface area contributed by atoms with Crippen molar-refractivity contribution >= 4 is 34.0 Å². The van der Waals surface area contributed by atoms with Crippen LogP contribution in [0.25, 0.3) is 0 Å². The van der Waals surface area contributed by atoms with Gasteiger partial charge in [-0.2, -0.15) is 4.39 Å². The van der Waals surface area contributed by atoms with E-state index in [1.54, 1.807) is 0 Å². The minimum Gasteiger partial charge on any atom is -0.323 e. The first-order valence-electron chi connectivity index (χ1n) is 14.1. The van der Waals surface area contributed by atoms with Crippen LogP contribution < -0.4 is 16.2 Å². The molecule has 2 N–H and O–H groups in total. The summed E-state index contributed by atoms with van der Waals surface area (Å²) in [5.74, 6) is -0.976. The van der Waals surface area contributed by atoms with Gasteiger partial charge in [0, 0.05) is 25.6 Å². The molecule has 2 aromatic rings. The van der Waals surface area contributed by atoms with Crippen LogP contribution in [0.15, 0.2) is 52.5 Å². The van der Waals surface area contributed by atoms with Crippen LogP contribution in [0.2, 0.25) is 0 Å². The number of nitrogens with one attached hydrogen (secondary N) is 2. The maximum atomic E-state index is 14.6. The molecular weight excluding hydrogens is 529 g/mol. The molecule has 40 heavy (non-hydrogen) atoms. The lowest BCUT2D eigenvalue weighted by molar-refractivity contribution is -0.117. The van der Waals surface area contributed by atoms with Crippen LogP contribution in [-0.4, -0.2) is 26.6 Å². The van der Waals surface area contributed by atoms with E-state index in [1.165, 1.54) is 28.2 Å². The molecular formula is C30H40FN5O3S. The first-order valence-corrected chi connectivity index (χ1v) is 14.9. The van der Waals surface area contributed by atoms with Gasteiger partial charge in [0.2, 0.25) is 22.8 Å². The monoisotopic (exact) mass is 569 g/mol. The Hall–Kier alpha value is -3.40. The molecule has 3 rings (SSSR count). The zero-order valence-corrected chi connectivity index (χ0v) is 24.5. The molecule has 1 saturated carbocycles. The summed E-state index contributed by atoms with van der Waals surface area (Å²) in [6.45, 7) is 6.38. The first kappa shape index (κ1) is 31.1. The van der Waals surface area contributed by atoms with Gasteiger partial charge >= 0.3 is 0 Å². The van der Waals surface area contributed by atoms with Gasteiger partial charge in [0.1, 0.15) is 5.01 Å². The van der Waals surface area contributed by atoms with Crippen LogP contribution in [0.4, 0.5) is 15.2 Å². The molecule has 1 fully saturated rings. The molecule has 1 aliphatic rings. The van der Waals surface area contributed by atoms with E-state index in [1.807, 2.05) is 38.2 Å². The lowest BCUT2D eigenvalue weighted by atomic mass is 10.0. The molecule has 2 aromatic heterocycles. The molecule has 10 heteroatoms. The zero-order valence-electron chi connectivity index (χ0n) is 23.7. The Bertz CT molecular complexity index is 1300. The number of unbranched alkanes of at least 4 members (excludes halogenated alkanes) is 1. The number of amides is 2. The Morgan fingerprint density at radius 3 is 2.65 bits per heavy atom. The summed E-state index contributed by atoms with van der Waals surface area (Å²) in [4.78, 5) is 37.3. The Morgan fingerprint density at radius 1 is 1.15 bits per heavy atom. The minimum atomic E-state index is -0.934. The second-order valence-electron chi connectivity index (χ2n) is 10.2. The number of halogens is 1. The van der Waals surface area contributed by atoms with E-state index in [0.717, 1.165) is 54.7 Å². The topological polar surface area (TPSA) is 106 Å². The van der Waals surface area contributed by atoms with Gasteiger partial charge in [-0.1, -0.05) is 61.0 Å². The van der Waals surface area contributed by atoms with E-state index in [0.29, 0.717) is 36.9 Å². The number of nitrogens with zero attached hydrogens (tertiary/aromatic N) is 3. The van der Waals surface area contributed by atoms with E-state index in [9.17, 15) is 18.8 Å². The molecule has 1 aliphatic carbocycles. The molecule has 0 atom stereocenters. The predicted octanol–water partition coefficient (Wildman–Crippen LogP) is 6.57. The van der Waals surface area contributed by atoms with E-state index in [4.69, 9.17) is 0 Å². The Morgan fingerprint density at radius 2 is 1.93 bits per heavy atom. The maximum Gasteiger partial charge on any atom is 0.288 e. The first-order chi connectivity index (χ1) is 19.3. The standard InChI is InChI=1S/C30H40FN5O3S/c1-4-6-7-14-23(21(3)5-2)20-26(38)33-30-35-34-27(40-30)15-10-11-17-36-18-16-24(28(31)29(36)39)32-25(37)19-22-12-8-9-13-22/h4,6-7,14,16,18,22H,5,8-13,15,17,19-20H2,1-3H3,(H,32,37)(H,33,35,38)/b6-4-,14-7-,23-21-. The summed E-state index contributed by atoms with van der Waals surface area (Å²) in [6, 6.07) is 1.45. The number of hydrogen-bond acceptors (Lipinski definition) is 6. The normalized spacial score (nSPS) is 14.7. The fourth-order valence-corrected chi connectivity index (χ4v) is 5.46. The van der Waals surface area contributed by atoms with Crippen molar-refractivity contribution < 1.29 is 14.0 Å². The van der Waals surface area contributed by atoms with E-state index < -0.39 is 11.4 Å². The third-order valence-electron chi connectivity index (χ3n) is 7.11. The van der Waals surface area contributed by atoms with E-state index in [-0.39, 0.29) is 23.9 Å². The number of anilines is 2. The highest BCUT2D eigenvalue weighted by molar-refractivity contribution is 7.15. The number of hydrogen-bond donors (Lipinski definition) is 2. The van der Waals surface area contributed by atoms with Gasteiger partial charge in [0.05, 0.1) is 12.1 Å². The van der Waals surface area contributed by atoms with Crippen LogP contribution in [-0.2, 0) is 22.6 Å². The highest BCUT2D eigenvalue weighted by Crippen LogP contribution is 2.28. The highest BCUT2D eigenvalue weighted by Gasteiger charge is 2.20. The van der Waals surface area contributed by atoms with Crippen LogP contribution in [0.5, 0.6) is 0 Å². The molecule has 0 bridgehead atoms. The van der Waals surface area contributed by atoms with Crippen molar-refractivity contribution in [1.82, 2.24) is 14.8 Å². The fraction of sp³-hybridized carbons (Fsp3) is 0.500. The van der Waals surface area contributed by atoms with Crippen molar-refractivity contribution in [3.63, 3.8) is 0 Å². The van der Waals surface area contributed by atoms with E-state index in [2.05, 4.69) is 27.8 Å². The van der Waals surface area contributed by atoms with Crippen LogP contribution in [0, 0.1) is 11.7 Å². The smallest absolute Gasteiger partial charge is 0.288 e. The molecule has 2 heterocycles. The number of rotatable bonds is 14. The van der Waals surface area contributed by atoms with Crippen LogP contribution >= 0.6 is 11.3 Å². The lowest BCUT2D eigenvalue weighted by Crippen LogP contribution is -2.25. The van der Waals surface area contributed by atoms with Crippen molar-refractivity contribution in [2.24, 2.45) is 5.92 Å². The third kappa shape index (κ3) is 9.66. The number of aromatic nitrogens is 3. The predicted molar refractivity (Wildman–Crippen MR) is 159 cm³/mol. The summed E-state index contributed by atoms with van der Waals surface area (Å²) in [6.07, 6.45) is 17.1. The molecule has 0 radical (unpaired) electrons. The lowest BCUT2D eigenvalue weighted by Gasteiger charge is -2.11. The average molecular weight is 570 g/mol. The van der Waals surface area contributed by atoms with E-state index >= 15 is 0 Å². The molecule has 0 aliphatic heterocycles. The zero-order chi connectivity index (χ0) is 28.9. The van der Waals surface area contributed by atoms with Gasteiger partial charge < -0.3 is 15.2 Å². The van der Waals surface area contributed by atoms with Crippen LogP contribution in [0.1, 0.15) is 83.6 Å².